The molecule has 2 aromatic heterocycles. The number of alkyl halides is 3. The minimum Gasteiger partial charge on any atom is -0.338 e. The van der Waals surface area contributed by atoms with E-state index in [1.165, 1.54) is 6.07 Å². The van der Waals surface area contributed by atoms with E-state index in [2.05, 4.69) is 14.7 Å². The first kappa shape index (κ1) is 15.0. The average Bonchev–Trinajstić information content (AvgIpc) is 3.15. The van der Waals surface area contributed by atoms with Crippen LogP contribution in [0.25, 0.3) is 10.7 Å². The van der Waals surface area contributed by atoms with E-state index in [0.29, 0.717) is 22.8 Å². The van der Waals surface area contributed by atoms with Crippen LogP contribution in [0, 0.1) is 0 Å². The summed E-state index contributed by atoms with van der Waals surface area (Å²) in [4.78, 5) is 18.2. The maximum absolute atomic E-state index is 12.4. The topological polar surface area (TPSA) is 59.2 Å². The van der Waals surface area contributed by atoms with E-state index in [4.69, 9.17) is 0 Å². The first-order chi connectivity index (χ1) is 10.4. The van der Waals surface area contributed by atoms with Gasteiger partial charge >= 0.3 is 12.1 Å². The molecule has 1 amide bonds. The van der Waals surface area contributed by atoms with Gasteiger partial charge in [0.15, 0.2) is 0 Å². The summed E-state index contributed by atoms with van der Waals surface area (Å²) < 4.78 is 41.5. The normalized spacial score (nSPS) is 16.0. The quantitative estimate of drug-likeness (QED) is 0.846. The summed E-state index contributed by atoms with van der Waals surface area (Å²) in [5, 5.41) is 3.32. The van der Waals surface area contributed by atoms with Gasteiger partial charge in [0.1, 0.15) is 0 Å². The zero-order valence-electron chi connectivity index (χ0n) is 11.4. The Labute approximate surface area is 127 Å². The third-order valence-electron chi connectivity index (χ3n) is 3.35. The number of halogens is 3. The summed E-state index contributed by atoms with van der Waals surface area (Å²) in [6, 6.07) is 3.12. The summed E-state index contributed by atoms with van der Waals surface area (Å²) in [7, 11) is 0. The largest absolute Gasteiger partial charge is 0.471 e. The van der Waals surface area contributed by atoms with Crippen LogP contribution < -0.4 is 0 Å². The lowest BCUT2D eigenvalue weighted by atomic mass is 10.1. The number of rotatable bonds is 2. The van der Waals surface area contributed by atoms with Gasteiger partial charge in [-0.3, -0.25) is 4.79 Å². The number of nitrogens with zero attached hydrogens (tertiary/aromatic N) is 3. The van der Waals surface area contributed by atoms with Crippen LogP contribution in [0.4, 0.5) is 13.2 Å². The predicted octanol–water partition coefficient (Wildman–Crippen LogP) is 3.44. The number of hydrogen-bond acceptors (Lipinski definition) is 5. The number of amides is 1. The number of thiophene rings is 1. The molecule has 3 heterocycles. The maximum Gasteiger partial charge on any atom is 0.471 e. The van der Waals surface area contributed by atoms with Gasteiger partial charge in [-0.25, -0.2) is 0 Å². The first-order valence-corrected chi connectivity index (χ1v) is 7.57. The Bertz CT molecular complexity index is 674. The molecule has 9 heteroatoms. The van der Waals surface area contributed by atoms with E-state index < -0.39 is 12.1 Å². The van der Waals surface area contributed by atoms with E-state index in [1.54, 1.807) is 11.0 Å². The van der Waals surface area contributed by atoms with Crippen molar-refractivity contribution in [3.63, 3.8) is 0 Å². The molecule has 0 saturated carbocycles. The Hall–Kier alpha value is -1.90. The second-order valence-electron chi connectivity index (χ2n) is 4.94. The lowest BCUT2D eigenvalue weighted by Gasteiger charge is -2.26. The number of carbonyl (C=O) groups is 1. The minimum atomic E-state index is -4.67. The van der Waals surface area contributed by atoms with Crippen molar-refractivity contribution >= 4 is 17.2 Å². The van der Waals surface area contributed by atoms with Crippen molar-refractivity contribution in [2.24, 2.45) is 0 Å². The molecule has 0 aromatic carbocycles. The fourth-order valence-electron chi connectivity index (χ4n) is 2.26. The van der Waals surface area contributed by atoms with Crippen molar-refractivity contribution in [3.05, 3.63) is 22.9 Å². The first-order valence-electron chi connectivity index (χ1n) is 6.75. The molecule has 0 N–H and O–H groups in total. The molecule has 0 atom stereocenters. The summed E-state index contributed by atoms with van der Waals surface area (Å²) in [5.41, 5.74) is 0. The smallest absolute Gasteiger partial charge is 0.338 e. The monoisotopic (exact) mass is 331 g/mol. The van der Waals surface area contributed by atoms with Crippen molar-refractivity contribution in [1.29, 1.82) is 0 Å². The molecule has 22 heavy (non-hydrogen) atoms. The molecule has 1 saturated heterocycles. The third kappa shape index (κ3) is 2.99. The zero-order chi connectivity index (χ0) is 15.7. The van der Waals surface area contributed by atoms with Crippen LogP contribution in [0.2, 0.25) is 0 Å². The van der Waals surface area contributed by atoms with Gasteiger partial charge in [-0.2, -0.15) is 18.2 Å². The number of piperidine rings is 1. The van der Waals surface area contributed by atoms with Crippen molar-refractivity contribution in [2.75, 3.05) is 13.1 Å². The SMILES string of the molecule is O=C(c1ccc(-c2noc(C(F)(F)F)n2)s1)N1CCCCC1. The molecule has 0 radical (unpaired) electrons. The molecule has 2 aromatic rings. The molecule has 0 bridgehead atoms. The van der Waals surface area contributed by atoms with E-state index in [9.17, 15) is 18.0 Å². The number of carbonyl (C=O) groups excluding carboxylic acids is 1. The van der Waals surface area contributed by atoms with Crippen LogP contribution >= 0.6 is 11.3 Å². The molecule has 0 unspecified atom stereocenters. The summed E-state index contributed by atoms with van der Waals surface area (Å²) in [6.45, 7) is 1.43. The summed E-state index contributed by atoms with van der Waals surface area (Å²) in [5.74, 6) is -1.65. The lowest BCUT2D eigenvalue weighted by Crippen LogP contribution is -2.35. The number of aromatic nitrogens is 2. The average molecular weight is 331 g/mol. The minimum absolute atomic E-state index is 0.101. The standard InChI is InChI=1S/C13H12F3N3O2S/c14-13(15,16)12-17-10(18-21-12)8-4-5-9(22-8)11(20)19-6-2-1-3-7-19/h4-5H,1-3,6-7H2. The number of hydrogen-bond donors (Lipinski definition) is 0. The molecule has 1 aliphatic heterocycles. The van der Waals surface area contributed by atoms with Gasteiger partial charge in [0.2, 0.25) is 5.82 Å². The Morgan fingerprint density at radius 1 is 1.23 bits per heavy atom. The van der Waals surface area contributed by atoms with Crippen LogP contribution in [0.5, 0.6) is 0 Å². The highest BCUT2D eigenvalue weighted by Gasteiger charge is 2.38. The highest BCUT2D eigenvalue weighted by molar-refractivity contribution is 7.17. The molecule has 0 aliphatic carbocycles. The molecule has 1 aliphatic rings. The molecular formula is C13H12F3N3O2S. The molecule has 1 fully saturated rings. The fraction of sp³-hybridized carbons (Fsp3) is 0.462. The van der Waals surface area contributed by atoms with Gasteiger partial charge in [-0.1, -0.05) is 5.16 Å². The second-order valence-corrected chi connectivity index (χ2v) is 6.02. The van der Waals surface area contributed by atoms with Crippen LogP contribution in [0.1, 0.15) is 34.8 Å². The van der Waals surface area contributed by atoms with E-state index >= 15 is 0 Å². The lowest BCUT2D eigenvalue weighted by molar-refractivity contribution is -0.159. The van der Waals surface area contributed by atoms with Gasteiger partial charge < -0.3 is 9.42 Å². The van der Waals surface area contributed by atoms with Crippen molar-refractivity contribution in [2.45, 2.75) is 25.4 Å². The third-order valence-corrected chi connectivity index (χ3v) is 4.42. The summed E-state index contributed by atoms with van der Waals surface area (Å²) in [6.07, 6.45) is -1.61. The van der Waals surface area contributed by atoms with Gasteiger partial charge in [-0.05, 0) is 31.4 Å². The van der Waals surface area contributed by atoms with Crippen LogP contribution in [-0.4, -0.2) is 34.0 Å². The van der Waals surface area contributed by atoms with Gasteiger partial charge in [0, 0.05) is 13.1 Å². The van der Waals surface area contributed by atoms with Crippen LogP contribution in [0.15, 0.2) is 16.7 Å². The summed E-state index contributed by atoms with van der Waals surface area (Å²) >= 11 is 1.07. The Kier molecular flexibility index (Phi) is 3.90. The molecule has 118 valence electrons. The highest BCUT2D eigenvalue weighted by atomic mass is 32.1. The number of likely N-dealkylation sites (tertiary alicyclic amines) is 1. The van der Waals surface area contributed by atoms with Gasteiger partial charge in [-0.15, -0.1) is 11.3 Å². The molecular weight excluding hydrogens is 319 g/mol. The zero-order valence-corrected chi connectivity index (χ0v) is 12.2. The van der Waals surface area contributed by atoms with Crippen LogP contribution in [0.3, 0.4) is 0 Å². The van der Waals surface area contributed by atoms with Crippen molar-refractivity contribution < 1.29 is 22.5 Å². The van der Waals surface area contributed by atoms with Gasteiger partial charge in [0.25, 0.3) is 5.91 Å². The van der Waals surface area contributed by atoms with Crippen molar-refractivity contribution in [1.82, 2.24) is 15.0 Å². The Morgan fingerprint density at radius 2 is 1.95 bits per heavy atom. The Balaban J connectivity index is 1.78. The molecule has 3 rings (SSSR count). The predicted molar refractivity (Wildman–Crippen MR) is 72.4 cm³/mol. The molecule has 0 spiro atoms. The van der Waals surface area contributed by atoms with E-state index in [0.717, 1.165) is 30.6 Å². The van der Waals surface area contributed by atoms with Crippen molar-refractivity contribution in [3.8, 4) is 10.7 Å². The van der Waals surface area contributed by atoms with Gasteiger partial charge in [0.05, 0.1) is 9.75 Å². The fourth-order valence-corrected chi connectivity index (χ4v) is 3.16. The molecule has 5 nitrogen and oxygen atoms in total. The Morgan fingerprint density at radius 3 is 2.59 bits per heavy atom. The maximum atomic E-state index is 12.4. The second kappa shape index (κ2) is 5.71. The highest BCUT2D eigenvalue weighted by Crippen LogP contribution is 2.32. The van der Waals surface area contributed by atoms with E-state index in [1.807, 2.05) is 0 Å². The van der Waals surface area contributed by atoms with E-state index in [-0.39, 0.29) is 11.7 Å². The van der Waals surface area contributed by atoms with Crippen LogP contribution in [-0.2, 0) is 6.18 Å².